The van der Waals surface area contributed by atoms with Crippen molar-refractivity contribution < 1.29 is 14.3 Å². The van der Waals surface area contributed by atoms with Crippen LogP contribution in [0.2, 0.25) is 0 Å². The normalized spacial score (nSPS) is 17.9. The number of carbonyl (C=O) groups excluding carboxylic acids is 2. The zero-order valence-electron chi connectivity index (χ0n) is 15.7. The molecule has 0 radical (unpaired) electrons. The van der Waals surface area contributed by atoms with E-state index in [-0.39, 0.29) is 23.1 Å². The molecule has 146 valence electrons. The van der Waals surface area contributed by atoms with Gasteiger partial charge in [-0.3, -0.25) is 14.5 Å². The maximum absolute atomic E-state index is 12.9. The molecule has 2 amide bonds. The summed E-state index contributed by atoms with van der Waals surface area (Å²) in [5.41, 5.74) is 1.22. The van der Waals surface area contributed by atoms with Crippen LogP contribution in [-0.4, -0.2) is 54.9 Å². The van der Waals surface area contributed by atoms with Gasteiger partial charge < -0.3 is 15.4 Å². The van der Waals surface area contributed by atoms with E-state index in [1.165, 1.54) is 0 Å². The highest BCUT2D eigenvalue weighted by atomic mass is 16.5. The molecular weight excluding hydrogens is 358 g/mol. The lowest BCUT2D eigenvalue weighted by atomic mass is 9.88. The summed E-state index contributed by atoms with van der Waals surface area (Å²) in [6.07, 6.45) is 1.57. The average Bonchev–Trinajstić information content (AvgIpc) is 2.65. The van der Waals surface area contributed by atoms with Gasteiger partial charge in [0.15, 0.2) is 5.82 Å². The first kappa shape index (κ1) is 18.5. The molecule has 0 atom stereocenters. The number of amides is 2. The van der Waals surface area contributed by atoms with E-state index in [1.54, 1.807) is 47.5 Å². The van der Waals surface area contributed by atoms with E-state index in [0.29, 0.717) is 49.9 Å². The third-order valence-electron chi connectivity index (χ3n) is 5.10. The number of carbonyl (C=O) groups is 2. The van der Waals surface area contributed by atoms with Gasteiger partial charge in [-0.25, -0.2) is 0 Å². The molecule has 1 aromatic carbocycles. The van der Waals surface area contributed by atoms with E-state index in [9.17, 15) is 9.59 Å². The fourth-order valence-corrected chi connectivity index (χ4v) is 3.14. The molecule has 0 aliphatic carbocycles. The Bertz CT molecular complexity index is 848. The van der Waals surface area contributed by atoms with Crippen LogP contribution in [0.4, 0.5) is 11.5 Å². The Kier molecular flexibility index (Phi) is 5.06. The first-order valence-electron chi connectivity index (χ1n) is 9.34. The third kappa shape index (κ3) is 3.74. The second kappa shape index (κ2) is 7.65. The van der Waals surface area contributed by atoms with Gasteiger partial charge >= 0.3 is 0 Å². The highest BCUT2D eigenvalue weighted by Crippen LogP contribution is 2.27. The summed E-state index contributed by atoms with van der Waals surface area (Å²) in [5, 5.41) is 14.0. The molecule has 2 N–H and O–H groups in total. The fraction of sp³-hybridized carbons (Fsp3) is 0.400. The number of aromatic nitrogens is 2. The topological polar surface area (TPSA) is 96.5 Å². The van der Waals surface area contributed by atoms with Gasteiger partial charge in [0, 0.05) is 36.8 Å². The van der Waals surface area contributed by atoms with E-state index in [1.807, 2.05) is 0 Å². The Balaban J connectivity index is 1.51. The van der Waals surface area contributed by atoms with Crippen molar-refractivity contribution in [2.24, 2.45) is 11.3 Å². The number of hydrogen-bond donors (Lipinski definition) is 2. The zero-order chi connectivity index (χ0) is 19.6. The summed E-state index contributed by atoms with van der Waals surface area (Å²) in [6, 6.07) is 10.5. The van der Waals surface area contributed by atoms with Crippen LogP contribution in [0, 0.1) is 11.3 Å². The standard InChI is InChI=1S/C20H23N5O3/c1-20(12-28-13-20)11-22-18(26)14-4-6-16(7-5-14)25(17-3-2-8-23-24-17)19(27)15-9-21-10-15/h2-8,15,21H,9-13H2,1H3,(H,22,26). The summed E-state index contributed by atoms with van der Waals surface area (Å²) in [6.45, 7) is 5.29. The number of nitrogens with zero attached hydrogens (tertiary/aromatic N) is 3. The predicted octanol–water partition coefficient (Wildman–Crippen LogP) is 1.13. The Morgan fingerprint density at radius 1 is 1.25 bits per heavy atom. The Morgan fingerprint density at radius 2 is 2.00 bits per heavy atom. The SMILES string of the molecule is CC1(CNC(=O)c2ccc(N(C(=O)C3CNC3)c3cccnn3)cc2)COC1. The molecular formula is C20H23N5O3. The minimum atomic E-state index is -0.139. The van der Waals surface area contributed by atoms with Gasteiger partial charge in [0.25, 0.3) is 5.91 Å². The molecule has 0 spiro atoms. The predicted molar refractivity (Wildman–Crippen MR) is 103 cm³/mol. The van der Waals surface area contributed by atoms with Crippen molar-refractivity contribution in [1.82, 2.24) is 20.8 Å². The van der Waals surface area contributed by atoms with Gasteiger partial charge in [0.1, 0.15) is 0 Å². The van der Waals surface area contributed by atoms with Crippen molar-refractivity contribution >= 4 is 23.3 Å². The van der Waals surface area contributed by atoms with Crippen molar-refractivity contribution in [3.63, 3.8) is 0 Å². The molecule has 2 aliphatic rings. The largest absolute Gasteiger partial charge is 0.380 e. The lowest BCUT2D eigenvalue weighted by molar-refractivity contribution is -0.123. The van der Waals surface area contributed by atoms with Crippen molar-refractivity contribution in [2.75, 3.05) is 37.7 Å². The molecule has 0 bridgehead atoms. The highest BCUT2D eigenvalue weighted by molar-refractivity contribution is 6.02. The molecule has 0 unspecified atom stereocenters. The van der Waals surface area contributed by atoms with Crippen LogP contribution in [0.3, 0.4) is 0 Å². The quantitative estimate of drug-likeness (QED) is 0.779. The van der Waals surface area contributed by atoms with E-state index in [2.05, 4.69) is 27.8 Å². The Labute approximate surface area is 163 Å². The summed E-state index contributed by atoms with van der Waals surface area (Å²) in [7, 11) is 0. The van der Waals surface area contributed by atoms with Crippen LogP contribution in [0.5, 0.6) is 0 Å². The molecule has 28 heavy (non-hydrogen) atoms. The zero-order valence-corrected chi connectivity index (χ0v) is 15.7. The number of rotatable bonds is 6. The fourth-order valence-electron chi connectivity index (χ4n) is 3.14. The van der Waals surface area contributed by atoms with Crippen molar-refractivity contribution in [3.05, 3.63) is 48.2 Å². The summed E-state index contributed by atoms with van der Waals surface area (Å²) >= 11 is 0. The molecule has 1 aromatic heterocycles. The number of anilines is 2. The van der Waals surface area contributed by atoms with Crippen LogP contribution in [0.15, 0.2) is 42.6 Å². The minimum Gasteiger partial charge on any atom is -0.380 e. The summed E-state index contributed by atoms with van der Waals surface area (Å²) in [5.74, 6) is 0.208. The number of nitrogens with one attached hydrogen (secondary N) is 2. The summed E-state index contributed by atoms with van der Waals surface area (Å²) in [4.78, 5) is 26.9. The van der Waals surface area contributed by atoms with Crippen LogP contribution >= 0.6 is 0 Å². The lowest BCUT2D eigenvalue weighted by Crippen LogP contribution is -2.51. The molecule has 2 saturated heterocycles. The monoisotopic (exact) mass is 381 g/mol. The van der Waals surface area contributed by atoms with E-state index in [0.717, 1.165) is 0 Å². The second-order valence-corrected chi connectivity index (χ2v) is 7.64. The van der Waals surface area contributed by atoms with Crippen LogP contribution in [0.1, 0.15) is 17.3 Å². The lowest BCUT2D eigenvalue weighted by Gasteiger charge is -2.38. The van der Waals surface area contributed by atoms with Crippen LogP contribution in [-0.2, 0) is 9.53 Å². The van der Waals surface area contributed by atoms with E-state index < -0.39 is 0 Å². The Hall–Kier alpha value is -2.84. The van der Waals surface area contributed by atoms with Crippen molar-refractivity contribution in [1.29, 1.82) is 0 Å². The minimum absolute atomic E-state index is 0.0155. The molecule has 8 nitrogen and oxygen atoms in total. The molecule has 2 aliphatic heterocycles. The van der Waals surface area contributed by atoms with Crippen molar-refractivity contribution in [2.45, 2.75) is 6.92 Å². The highest BCUT2D eigenvalue weighted by Gasteiger charge is 2.34. The molecule has 0 saturated carbocycles. The van der Waals surface area contributed by atoms with Crippen LogP contribution < -0.4 is 15.5 Å². The molecule has 2 aromatic rings. The Morgan fingerprint density at radius 3 is 2.54 bits per heavy atom. The van der Waals surface area contributed by atoms with Crippen LogP contribution in [0.25, 0.3) is 0 Å². The number of benzene rings is 1. The number of ether oxygens (including phenoxy) is 1. The van der Waals surface area contributed by atoms with Gasteiger partial charge in [0.2, 0.25) is 5.91 Å². The molecule has 8 heteroatoms. The maximum Gasteiger partial charge on any atom is 0.251 e. The molecule has 3 heterocycles. The average molecular weight is 381 g/mol. The van der Waals surface area contributed by atoms with Gasteiger partial charge in [-0.2, -0.15) is 5.10 Å². The molecule has 2 fully saturated rings. The van der Waals surface area contributed by atoms with E-state index in [4.69, 9.17) is 4.74 Å². The first-order chi connectivity index (χ1) is 13.6. The second-order valence-electron chi connectivity index (χ2n) is 7.64. The summed E-state index contributed by atoms with van der Waals surface area (Å²) < 4.78 is 5.21. The maximum atomic E-state index is 12.9. The molecule has 4 rings (SSSR count). The van der Waals surface area contributed by atoms with Gasteiger partial charge in [-0.15, -0.1) is 5.10 Å². The first-order valence-corrected chi connectivity index (χ1v) is 9.34. The van der Waals surface area contributed by atoms with Crippen molar-refractivity contribution in [3.8, 4) is 0 Å². The van der Waals surface area contributed by atoms with Gasteiger partial charge in [0.05, 0.1) is 24.8 Å². The van der Waals surface area contributed by atoms with Gasteiger partial charge in [-0.1, -0.05) is 6.92 Å². The number of hydrogen-bond acceptors (Lipinski definition) is 6. The van der Waals surface area contributed by atoms with E-state index >= 15 is 0 Å². The van der Waals surface area contributed by atoms with Gasteiger partial charge in [-0.05, 0) is 36.4 Å². The third-order valence-corrected chi connectivity index (χ3v) is 5.10. The smallest absolute Gasteiger partial charge is 0.251 e.